The van der Waals surface area contributed by atoms with Crippen LogP contribution in [0.3, 0.4) is 0 Å². The highest BCUT2D eigenvalue weighted by molar-refractivity contribution is 2.52. The zero-order valence-corrected chi connectivity index (χ0v) is 0. The van der Waals surface area contributed by atoms with Crippen molar-refractivity contribution in [2.75, 3.05) is 0 Å². The lowest BCUT2D eigenvalue weighted by atomic mass is 12.0. The molecule has 0 aliphatic heterocycles. The van der Waals surface area contributed by atoms with Gasteiger partial charge in [-0.2, -0.15) is 0 Å². The Kier molecular flexibility index (Phi) is 0. The average molecular weight is 281 g/mol. The van der Waals surface area contributed by atoms with E-state index in [4.69, 9.17) is 0 Å². The Morgan fingerprint density at radius 1 is 0.118 bits per heavy atom. The van der Waals surface area contributed by atoms with E-state index in [-0.39, 0.29) is 129 Å². The Labute approximate surface area is 130 Å². The lowest BCUT2D eigenvalue weighted by Gasteiger charge is -0.0786. The molecule has 0 aromatic carbocycles. The van der Waals surface area contributed by atoms with Crippen LogP contribution in [-0.4, -0.2) is 0 Å². The minimum Gasteiger partial charge on any atom is -0.0776 e. The topological polar surface area (TPSA) is 0 Å². The van der Waals surface area contributed by atoms with Gasteiger partial charge < -0.3 is 0 Å². The van der Waals surface area contributed by atoms with E-state index >= 15 is 0 Å². The molecule has 140 valence electrons. The molecule has 0 nitrogen and oxygen atoms in total. The molecule has 0 saturated heterocycles. The van der Waals surface area contributed by atoms with Gasteiger partial charge in [-0.15, -0.1) is 0 Å². The molecule has 0 aliphatic carbocycles. The van der Waals surface area contributed by atoms with Gasteiger partial charge in [-0.1, -0.05) is 126 Å². The maximum atomic E-state index is 0. The second kappa shape index (κ2) is 0. The minimum atomic E-state index is 0. The van der Waals surface area contributed by atoms with Crippen LogP contribution in [0.1, 0.15) is 129 Å². The first-order chi connectivity index (χ1) is 0. The van der Waals surface area contributed by atoms with Crippen molar-refractivity contribution < 1.29 is 2.85 Å². The fourth-order valence-corrected chi connectivity index (χ4v) is 0. The Morgan fingerprint density at radius 2 is 0.118 bits per heavy atom. The minimum absolute atomic E-state index is 0. The first-order valence-electron chi connectivity index (χ1n) is 0. The van der Waals surface area contributed by atoms with Crippen LogP contribution in [-0.2, 0) is 0 Å². The third-order valence-electron chi connectivity index (χ3n) is 0. The molecule has 0 atom stereocenters. The van der Waals surface area contributed by atoms with Gasteiger partial charge in [0.2, 0.25) is 0 Å². The molecule has 0 unspecified atom stereocenters. The normalized spacial score (nSPS) is 0. The lowest BCUT2D eigenvalue weighted by Crippen LogP contribution is 0.143. The highest BCUT2D eigenvalue weighted by Crippen LogP contribution is 0.160. The largest absolute Gasteiger partial charge is 0.0776 e. The summed E-state index contributed by atoms with van der Waals surface area (Å²) < 4.78 is 0. The quantitative estimate of drug-likeness (QED) is 0.414. The van der Waals surface area contributed by atoms with Crippen molar-refractivity contribution in [2.24, 2.45) is 0 Å². The summed E-state index contributed by atoms with van der Waals surface area (Å²) >= 11 is 0. The first-order valence-corrected chi connectivity index (χ1v) is 0. The third-order valence-corrected chi connectivity index (χ3v) is 0. The van der Waals surface area contributed by atoms with Gasteiger partial charge in [0, 0.05) is 2.85 Å². The summed E-state index contributed by atoms with van der Waals surface area (Å²) in [4.78, 5) is 0. The maximum Gasteiger partial charge on any atom is 0 e. The Morgan fingerprint density at radius 3 is 0.118 bits per heavy atom. The molecule has 0 rings (SSSR count). The van der Waals surface area contributed by atoms with E-state index in [2.05, 4.69) is 0 Å². The van der Waals surface area contributed by atoms with Crippen molar-refractivity contribution in [3.05, 3.63) is 0 Å². The van der Waals surface area contributed by atoms with Crippen LogP contribution >= 0.6 is 0 Å². The van der Waals surface area contributed by atoms with Gasteiger partial charge >= 0.3 is 0 Å². The SMILES string of the molecule is C.C.C.C.C.C.C.C.C.C.C.C.C.C.C.C.C.[3HH].[3HH]. The van der Waals surface area contributed by atoms with Crippen LogP contribution in [0.25, 0.3) is 0 Å². The van der Waals surface area contributed by atoms with Crippen LogP contribution in [0, 0.1) is 0 Å². The van der Waals surface area contributed by atoms with E-state index in [9.17, 15) is 0 Å². The van der Waals surface area contributed by atoms with Crippen LogP contribution in [0.15, 0.2) is 0 Å². The Hall–Kier alpha value is 0. The molecule has 0 saturated carbocycles. The highest BCUT2D eigenvalue weighted by Gasteiger charge is -0.0616. The molecule has 0 radical (unpaired) electrons. The summed E-state index contributed by atoms with van der Waals surface area (Å²) in [6, 6.07) is 0. The predicted octanol–water partition coefficient (Wildman–Crippen LogP) is 11.3. The van der Waals surface area contributed by atoms with Crippen molar-refractivity contribution in [3.8, 4) is 0 Å². The molecular weight excluding hydrogens is 204 g/mol. The van der Waals surface area contributed by atoms with Gasteiger partial charge in [-0.05, 0) is 0 Å². The third kappa shape index (κ3) is 0. The van der Waals surface area contributed by atoms with E-state index < -0.39 is 0 Å². The zero-order chi connectivity index (χ0) is 0. The molecule has 0 aliphatic rings. The summed E-state index contributed by atoms with van der Waals surface area (Å²) in [5.41, 5.74) is 0. The second-order valence-electron chi connectivity index (χ2n) is 0. The van der Waals surface area contributed by atoms with Crippen molar-refractivity contribution in [3.63, 3.8) is 0 Å². The number of hydrogen-bond donors (Lipinski definition) is 0. The predicted molar refractivity (Wildman–Crippen MR) is 119 cm³/mol. The Bertz CT molecular complexity index is 9.22. The van der Waals surface area contributed by atoms with E-state index in [0.29, 0.717) is 0 Å². The zero-order valence-electron chi connectivity index (χ0n) is 0. The molecule has 0 aromatic rings. The molecule has 0 aromatic heterocycles. The van der Waals surface area contributed by atoms with Gasteiger partial charge in [0.25, 0.3) is 0 Å². The lowest BCUT2D eigenvalue weighted by molar-refractivity contribution is 2.50. The number of hydrogen-bond acceptors (Lipinski definition) is 0. The number of rotatable bonds is 0. The molecule has 0 spiro atoms. The van der Waals surface area contributed by atoms with E-state index in [1.54, 1.807) is 0 Å². The van der Waals surface area contributed by atoms with Gasteiger partial charge in [0.15, 0.2) is 0 Å². The molecule has 0 heteroatoms. The van der Waals surface area contributed by atoms with Gasteiger partial charge in [0.1, 0.15) is 0 Å². The molecule has 0 heterocycles. The summed E-state index contributed by atoms with van der Waals surface area (Å²) in [6.45, 7) is 0. The van der Waals surface area contributed by atoms with Gasteiger partial charge in [-0.3, -0.25) is 0 Å². The van der Waals surface area contributed by atoms with Gasteiger partial charge in [-0.25, -0.2) is 0 Å². The van der Waals surface area contributed by atoms with Crippen LogP contribution < -0.4 is 0 Å². The van der Waals surface area contributed by atoms with Crippen molar-refractivity contribution in [1.29, 1.82) is 0 Å². The summed E-state index contributed by atoms with van der Waals surface area (Å²) in [6.07, 6.45) is 0. The average Bonchev–Trinajstić information content (AvgIpc) is 0. The monoisotopic (exact) mass is 281 g/mol. The first kappa shape index (κ1) is 0. The summed E-state index contributed by atoms with van der Waals surface area (Å²) in [5.74, 6) is 0. The molecule has 17 heavy (non-hydrogen) atoms. The molecule has 0 amide bonds. The van der Waals surface area contributed by atoms with Crippen LogP contribution in [0.2, 0.25) is 0 Å². The van der Waals surface area contributed by atoms with E-state index in [1.165, 1.54) is 0 Å². The second-order valence-corrected chi connectivity index (χ2v) is 0. The van der Waals surface area contributed by atoms with Crippen LogP contribution in [0.4, 0.5) is 0 Å². The van der Waals surface area contributed by atoms with Crippen molar-refractivity contribution >= 4 is 0 Å². The highest BCUT2D eigenvalue weighted by atomic mass is 12.0. The standard InChI is InChI=1S/17CH4.2H2/h17*1H4;2*1H/i;;;;;;;;;;;;;;;;;2*1+2. The Balaban J connectivity index is 0. The maximum absolute atomic E-state index is 0. The summed E-state index contributed by atoms with van der Waals surface area (Å²) in [7, 11) is 0. The van der Waals surface area contributed by atoms with Crippen molar-refractivity contribution in [2.45, 2.75) is 126 Å². The summed E-state index contributed by atoms with van der Waals surface area (Å²) in [5, 5.41) is 0. The fourth-order valence-electron chi connectivity index (χ4n) is 0. The van der Waals surface area contributed by atoms with Crippen molar-refractivity contribution in [1.82, 2.24) is 0 Å². The molecular formula is C17H72. The molecule has 0 fully saturated rings. The van der Waals surface area contributed by atoms with E-state index in [0.717, 1.165) is 0 Å². The smallest absolute Gasteiger partial charge is 0 e. The van der Waals surface area contributed by atoms with Gasteiger partial charge in [0.05, 0.1) is 0 Å². The van der Waals surface area contributed by atoms with E-state index in [1.807, 2.05) is 0 Å². The molecule has 0 bridgehead atoms. The fraction of sp³-hybridized carbons (Fsp3) is 1.00. The van der Waals surface area contributed by atoms with Crippen LogP contribution in [0.5, 0.6) is 0 Å². The molecule has 0 N–H and O–H groups in total.